The lowest BCUT2D eigenvalue weighted by Gasteiger charge is -2.29. The van der Waals surface area contributed by atoms with Crippen LogP contribution in [0, 0.1) is 13.8 Å². The second-order valence-electron chi connectivity index (χ2n) is 22.2. The average molecular weight is 927 g/mol. The Balaban J connectivity index is 0.781. The van der Waals surface area contributed by atoms with Crippen LogP contribution in [0.4, 0.5) is 34.1 Å². The van der Waals surface area contributed by atoms with E-state index in [1.807, 2.05) is 0 Å². The zero-order valence-corrected chi connectivity index (χ0v) is 42.2. The molecule has 0 atom stereocenters. The summed E-state index contributed by atoms with van der Waals surface area (Å²) in [5, 5.41) is 5.54. The number of anilines is 6. The van der Waals surface area contributed by atoms with Gasteiger partial charge < -0.3 is 9.80 Å². The molecule has 0 radical (unpaired) electrons. The van der Waals surface area contributed by atoms with Crippen LogP contribution in [0.2, 0.25) is 0 Å². The van der Waals surface area contributed by atoms with Crippen molar-refractivity contribution in [2.24, 2.45) is 0 Å². The molecule has 4 aliphatic carbocycles. The van der Waals surface area contributed by atoms with Crippen molar-refractivity contribution >= 4 is 67.8 Å². The molecule has 0 aromatic heterocycles. The van der Waals surface area contributed by atoms with E-state index >= 15 is 0 Å². The average Bonchev–Trinajstić information content (AvgIpc) is 4.13. The number of hydrogen-bond acceptors (Lipinski definition) is 2. The summed E-state index contributed by atoms with van der Waals surface area (Å²) in [6.07, 6.45) is 9.10. The summed E-state index contributed by atoms with van der Waals surface area (Å²) in [5.41, 5.74) is 28.5. The minimum atomic E-state index is -0.184. The van der Waals surface area contributed by atoms with E-state index in [1.54, 1.807) is 0 Å². The molecule has 0 spiro atoms. The van der Waals surface area contributed by atoms with Gasteiger partial charge in [-0.1, -0.05) is 161 Å². The van der Waals surface area contributed by atoms with Gasteiger partial charge in [-0.2, -0.15) is 0 Å². The number of hydrogen-bond donors (Lipinski definition) is 0. The maximum absolute atomic E-state index is 2.49. The standard InChI is InChI=1S/C70H58N2/c1-43-11-7-15-51(37-43)71(65-35-27-49-25-23-47-13-9-17-59(65)67(47)49)53-29-33-57-55-31-21-45(39-61(55)69(3,4)63(57)41-53)19-20-46-22-32-56-58-34-30-54(42-64(58)70(5,6)62(56)40-46)72(52-16-8-12-44(2)38-52)66-36-28-50-26-24-48-14-10-18-60(66)68(48)50/h7-22,27-42H,23-26H2,1-6H3. The lowest BCUT2D eigenvalue weighted by Crippen LogP contribution is -2.17. The maximum atomic E-state index is 2.49. The van der Waals surface area contributed by atoms with E-state index in [9.17, 15) is 0 Å². The van der Waals surface area contributed by atoms with E-state index in [1.165, 1.54) is 145 Å². The zero-order chi connectivity index (χ0) is 48.6. The van der Waals surface area contributed by atoms with Crippen molar-refractivity contribution < 1.29 is 0 Å². The van der Waals surface area contributed by atoms with Gasteiger partial charge >= 0.3 is 0 Å². The van der Waals surface area contributed by atoms with Crippen molar-refractivity contribution in [2.75, 3.05) is 9.80 Å². The summed E-state index contributed by atoms with van der Waals surface area (Å²) in [7, 11) is 0. The summed E-state index contributed by atoms with van der Waals surface area (Å²) in [5.74, 6) is 0. The highest BCUT2D eigenvalue weighted by Gasteiger charge is 2.38. The van der Waals surface area contributed by atoms with Gasteiger partial charge in [0.1, 0.15) is 0 Å². The molecule has 2 nitrogen and oxygen atoms in total. The normalized spacial score (nSPS) is 15.0. The first kappa shape index (κ1) is 42.9. The number of aryl methyl sites for hydroxylation is 6. The Hall–Kier alpha value is -7.94. The Bertz CT molecular complexity index is 3690. The van der Waals surface area contributed by atoms with Gasteiger partial charge in [0.2, 0.25) is 0 Å². The first-order valence-corrected chi connectivity index (χ1v) is 26.1. The van der Waals surface area contributed by atoms with Crippen molar-refractivity contribution in [1.29, 1.82) is 0 Å². The molecule has 0 heterocycles. The molecule has 0 bridgehead atoms. The molecule has 0 saturated heterocycles. The minimum absolute atomic E-state index is 0.184. The lowest BCUT2D eigenvalue weighted by atomic mass is 9.81. The van der Waals surface area contributed by atoms with Gasteiger partial charge in [-0.05, 0) is 200 Å². The molecule has 10 aromatic carbocycles. The van der Waals surface area contributed by atoms with Crippen molar-refractivity contribution in [2.45, 2.75) is 78.1 Å². The summed E-state index contributed by atoms with van der Waals surface area (Å²) in [6, 6.07) is 69.7. The monoisotopic (exact) mass is 926 g/mol. The van der Waals surface area contributed by atoms with E-state index in [0.717, 1.165) is 25.7 Å². The minimum Gasteiger partial charge on any atom is -0.310 e. The molecular weight excluding hydrogens is 869 g/mol. The predicted molar refractivity (Wildman–Crippen MR) is 306 cm³/mol. The molecule has 0 amide bonds. The van der Waals surface area contributed by atoms with E-state index in [-0.39, 0.29) is 10.8 Å². The molecule has 0 fully saturated rings. The number of benzene rings is 10. The van der Waals surface area contributed by atoms with Crippen LogP contribution < -0.4 is 9.80 Å². The molecule has 14 rings (SSSR count). The van der Waals surface area contributed by atoms with Crippen LogP contribution in [0.1, 0.15) is 94.5 Å². The molecule has 0 unspecified atom stereocenters. The Kier molecular flexibility index (Phi) is 9.40. The fourth-order valence-electron chi connectivity index (χ4n) is 13.4. The highest BCUT2D eigenvalue weighted by molar-refractivity contribution is 6.05. The Labute approximate surface area is 424 Å². The topological polar surface area (TPSA) is 6.48 Å². The zero-order valence-electron chi connectivity index (χ0n) is 42.2. The van der Waals surface area contributed by atoms with Crippen LogP contribution in [-0.2, 0) is 36.5 Å². The largest absolute Gasteiger partial charge is 0.310 e. The smallest absolute Gasteiger partial charge is 0.0540 e. The highest BCUT2D eigenvalue weighted by Crippen LogP contribution is 2.54. The third-order valence-corrected chi connectivity index (χ3v) is 17.1. The van der Waals surface area contributed by atoms with E-state index in [0.29, 0.717) is 0 Å². The Morgan fingerprint density at radius 2 is 0.708 bits per heavy atom. The Morgan fingerprint density at radius 3 is 1.12 bits per heavy atom. The molecule has 0 aliphatic heterocycles. The molecule has 0 saturated carbocycles. The second kappa shape index (κ2) is 15.8. The first-order valence-electron chi connectivity index (χ1n) is 26.1. The van der Waals surface area contributed by atoms with E-state index in [4.69, 9.17) is 0 Å². The highest BCUT2D eigenvalue weighted by atomic mass is 15.1. The SMILES string of the molecule is Cc1cccc(N(c2ccc3c(c2)C(C)(C)c2cc(C=Cc4ccc5c(c4)C(C)(C)c4cc(N(c6cccc(C)c6)c6ccc7c8c(cccc68)CC7)ccc4-5)ccc2-3)c2ccc3c4c(cccc24)CC3)c1. The second-order valence-corrected chi connectivity index (χ2v) is 22.2. The lowest BCUT2D eigenvalue weighted by molar-refractivity contribution is 0.660. The van der Waals surface area contributed by atoms with Crippen LogP contribution in [-0.4, -0.2) is 0 Å². The van der Waals surface area contributed by atoms with Crippen molar-refractivity contribution in [3.8, 4) is 22.3 Å². The van der Waals surface area contributed by atoms with Crippen LogP contribution in [0.3, 0.4) is 0 Å². The van der Waals surface area contributed by atoms with Crippen molar-refractivity contribution in [3.05, 3.63) is 249 Å². The number of fused-ring (bicyclic) bond motifs is 6. The number of nitrogens with zero attached hydrogens (tertiary/aromatic N) is 2. The Morgan fingerprint density at radius 1 is 0.347 bits per heavy atom. The summed E-state index contributed by atoms with van der Waals surface area (Å²) in [4.78, 5) is 4.99. The van der Waals surface area contributed by atoms with Gasteiger partial charge in [-0.3, -0.25) is 0 Å². The molecule has 348 valence electrons. The number of rotatable bonds is 8. The third kappa shape index (κ3) is 6.47. The molecule has 0 N–H and O–H groups in total. The quantitative estimate of drug-likeness (QED) is 0.140. The molecule has 2 heteroatoms. The third-order valence-electron chi connectivity index (χ3n) is 17.1. The molecule has 72 heavy (non-hydrogen) atoms. The van der Waals surface area contributed by atoms with Gasteiger partial charge in [0.15, 0.2) is 0 Å². The summed E-state index contributed by atoms with van der Waals surface area (Å²) < 4.78 is 0. The fraction of sp³-hybridized carbons (Fsp3) is 0.171. The van der Waals surface area contributed by atoms with Gasteiger partial charge in [0.25, 0.3) is 0 Å². The van der Waals surface area contributed by atoms with Gasteiger partial charge in [-0.25, -0.2) is 0 Å². The fourth-order valence-corrected chi connectivity index (χ4v) is 13.4. The van der Waals surface area contributed by atoms with E-state index < -0.39 is 0 Å². The van der Waals surface area contributed by atoms with Gasteiger partial charge in [-0.15, -0.1) is 0 Å². The van der Waals surface area contributed by atoms with E-state index in [2.05, 4.69) is 245 Å². The van der Waals surface area contributed by atoms with Crippen LogP contribution in [0.25, 0.3) is 56.0 Å². The predicted octanol–water partition coefficient (Wildman–Crippen LogP) is 18.5. The summed E-state index contributed by atoms with van der Waals surface area (Å²) >= 11 is 0. The molecule has 10 aromatic rings. The van der Waals surface area contributed by atoms with Gasteiger partial charge in [0, 0.05) is 44.4 Å². The van der Waals surface area contributed by atoms with Gasteiger partial charge in [0.05, 0.1) is 11.4 Å². The van der Waals surface area contributed by atoms with Crippen LogP contribution in [0.15, 0.2) is 182 Å². The molecule has 4 aliphatic rings. The molecular formula is C70H58N2. The first-order chi connectivity index (χ1) is 35.0. The van der Waals surface area contributed by atoms with Crippen molar-refractivity contribution in [3.63, 3.8) is 0 Å². The summed E-state index contributed by atoms with van der Waals surface area (Å²) in [6.45, 7) is 14.0. The van der Waals surface area contributed by atoms with Crippen molar-refractivity contribution in [1.82, 2.24) is 0 Å². The van der Waals surface area contributed by atoms with Crippen LogP contribution in [0.5, 0.6) is 0 Å². The maximum Gasteiger partial charge on any atom is 0.0540 e. The van der Waals surface area contributed by atoms with Crippen LogP contribution >= 0.6 is 0 Å².